The molecule has 1 fully saturated rings. The molecule has 1 aliphatic rings. The first-order valence-corrected chi connectivity index (χ1v) is 7.45. The molecule has 0 radical (unpaired) electrons. The molecule has 2 rings (SSSR count). The van der Waals surface area contributed by atoms with Gasteiger partial charge in [0.1, 0.15) is 11.6 Å². The highest BCUT2D eigenvalue weighted by molar-refractivity contribution is 5.99. The van der Waals surface area contributed by atoms with Gasteiger partial charge in [0.05, 0.1) is 12.2 Å². The highest BCUT2D eigenvalue weighted by atomic mass is 16.2. The summed E-state index contributed by atoms with van der Waals surface area (Å²) in [6.07, 6.45) is 2.47. The van der Waals surface area contributed by atoms with E-state index in [1.165, 1.54) is 0 Å². The third kappa shape index (κ3) is 2.80. The number of hydrogen-bond donors (Lipinski definition) is 1. The number of hydrogen-bond acceptors (Lipinski definition) is 3. The molecule has 1 aliphatic heterocycles. The summed E-state index contributed by atoms with van der Waals surface area (Å²) in [7, 11) is 0. The molecule has 1 saturated heterocycles. The number of aromatic nitrogens is 2. The second-order valence-electron chi connectivity index (χ2n) is 6.16. The van der Waals surface area contributed by atoms with Gasteiger partial charge in [-0.15, -0.1) is 0 Å². The highest BCUT2D eigenvalue weighted by Crippen LogP contribution is 2.23. The number of carbonyl (C=O) groups excluding carboxylic acids is 2. The molecule has 1 aromatic heterocycles. The lowest BCUT2D eigenvalue weighted by molar-refractivity contribution is -0.154. The summed E-state index contributed by atoms with van der Waals surface area (Å²) in [4.78, 5) is 26.4. The lowest BCUT2D eigenvalue weighted by Crippen LogP contribution is -2.68. The molecule has 6 heteroatoms. The van der Waals surface area contributed by atoms with Gasteiger partial charge in [-0.25, -0.2) is 0 Å². The average Bonchev–Trinajstić information content (AvgIpc) is 2.90. The van der Waals surface area contributed by atoms with Crippen LogP contribution in [0.2, 0.25) is 0 Å². The molecule has 21 heavy (non-hydrogen) atoms. The Hall–Kier alpha value is -1.85. The van der Waals surface area contributed by atoms with Crippen LogP contribution in [-0.2, 0) is 16.1 Å². The minimum absolute atomic E-state index is 0.0452. The maximum atomic E-state index is 12.7. The van der Waals surface area contributed by atoms with Crippen LogP contribution in [-0.4, -0.2) is 38.1 Å². The van der Waals surface area contributed by atoms with Crippen LogP contribution in [0, 0.1) is 0 Å². The number of carbonyl (C=O) groups is 2. The van der Waals surface area contributed by atoms with Gasteiger partial charge in [-0.1, -0.05) is 6.92 Å². The van der Waals surface area contributed by atoms with Crippen molar-refractivity contribution >= 4 is 11.8 Å². The van der Waals surface area contributed by atoms with Crippen LogP contribution in [0.4, 0.5) is 0 Å². The third-order valence-electron chi connectivity index (χ3n) is 4.21. The first kappa shape index (κ1) is 15.5. The van der Waals surface area contributed by atoms with E-state index < -0.39 is 11.6 Å². The minimum Gasteiger partial charge on any atom is -0.340 e. The molecule has 2 atom stereocenters. The van der Waals surface area contributed by atoms with E-state index in [9.17, 15) is 9.59 Å². The highest BCUT2D eigenvalue weighted by Gasteiger charge is 2.45. The summed E-state index contributed by atoms with van der Waals surface area (Å²) in [5.41, 5.74) is -0.0124. The summed E-state index contributed by atoms with van der Waals surface area (Å²) in [5, 5.41) is 7.29. The Bertz CT molecular complexity index is 552. The predicted molar refractivity (Wildman–Crippen MR) is 79.5 cm³/mol. The number of amides is 2. The summed E-state index contributed by atoms with van der Waals surface area (Å²) in [6, 6.07) is 1.70. The second kappa shape index (κ2) is 5.50. The zero-order valence-corrected chi connectivity index (χ0v) is 13.4. The van der Waals surface area contributed by atoms with Crippen molar-refractivity contribution in [1.29, 1.82) is 0 Å². The average molecular weight is 292 g/mol. The molecule has 1 N–H and O–H groups in total. The molecule has 0 saturated carbocycles. The summed E-state index contributed by atoms with van der Waals surface area (Å²) in [5.74, 6) is -0.154. The van der Waals surface area contributed by atoms with E-state index in [4.69, 9.17) is 0 Å². The van der Waals surface area contributed by atoms with Crippen molar-refractivity contribution < 1.29 is 9.59 Å². The van der Waals surface area contributed by atoms with Gasteiger partial charge in [-0.2, -0.15) is 5.10 Å². The van der Waals surface area contributed by atoms with Gasteiger partial charge in [-0.3, -0.25) is 14.3 Å². The molecular weight excluding hydrogens is 268 g/mol. The Kier molecular flexibility index (Phi) is 4.07. The van der Waals surface area contributed by atoms with Crippen LogP contribution in [0.3, 0.4) is 0 Å². The molecule has 0 spiro atoms. The van der Waals surface area contributed by atoms with Crippen molar-refractivity contribution in [3.63, 3.8) is 0 Å². The third-order valence-corrected chi connectivity index (χ3v) is 4.21. The van der Waals surface area contributed by atoms with Crippen molar-refractivity contribution in [3.05, 3.63) is 18.0 Å². The van der Waals surface area contributed by atoms with Crippen LogP contribution < -0.4 is 5.32 Å². The van der Waals surface area contributed by atoms with Gasteiger partial charge in [0.25, 0.3) is 0 Å². The van der Waals surface area contributed by atoms with Crippen molar-refractivity contribution in [3.8, 4) is 0 Å². The SMILES string of the molecule is CCC1(C)NC(=O)C(C)N(Cc2ccn(C(C)C)n2)C1=O. The molecule has 0 aliphatic carbocycles. The van der Waals surface area contributed by atoms with Gasteiger partial charge >= 0.3 is 0 Å². The van der Waals surface area contributed by atoms with Crippen LogP contribution in [0.1, 0.15) is 52.8 Å². The molecule has 1 aromatic rings. The quantitative estimate of drug-likeness (QED) is 0.914. The second-order valence-corrected chi connectivity index (χ2v) is 6.16. The van der Waals surface area contributed by atoms with Gasteiger partial charge in [-0.05, 0) is 40.2 Å². The molecule has 2 heterocycles. The Morgan fingerprint density at radius 2 is 2.10 bits per heavy atom. The minimum atomic E-state index is -0.815. The van der Waals surface area contributed by atoms with Crippen molar-refractivity contribution in [2.24, 2.45) is 0 Å². The van der Waals surface area contributed by atoms with Gasteiger partial charge < -0.3 is 10.2 Å². The number of rotatable bonds is 4. The first-order valence-electron chi connectivity index (χ1n) is 7.45. The normalized spacial score (nSPS) is 26.4. The van der Waals surface area contributed by atoms with Crippen LogP contribution in [0.15, 0.2) is 12.3 Å². The molecular formula is C15H24N4O2. The van der Waals surface area contributed by atoms with Crippen LogP contribution in [0.25, 0.3) is 0 Å². The molecule has 0 aromatic carbocycles. The fourth-order valence-electron chi connectivity index (χ4n) is 2.44. The summed E-state index contributed by atoms with van der Waals surface area (Å²) in [6.45, 7) is 9.89. The van der Waals surface area contributed by atoms with Crippen molar-refractivity contribution in [2.45, 2.75) is 65.2 Å². The predicted octanol–water partition coefficient (Wildman–Crippen LogP) is 1.48. The standard InChI is InChI=1S/C15H24N4O2/c1-6-15(5)14(21)18(11(4)13(20)16-15)9-12-7-8-19(17-12)10(2)3/h7-8,10-11H,6,9H2,1-5H3,(H,16,20). The van der Waals surface area contributed by atoms with E-state index in [1.807, 2.05) is 37.7 Å². The zero-order chi connectivity index (χ0) is 15.8. The van der Waals surface area contributed by atoms with E-state index in [1.54, 1.807) is 18.7 Å². The number of piperazine rings is 1. The number of nitrogens with one attached hydrogen (secondary N) is 1. The molecule has 2 amide bonds. The largest absolute Gasteiger partial charge is 0.340 e. The maximum absolute atomic E-state index is 12.7. The van der Waals surface area contributed by atoms with E-state index in [0.717, 1.165) is 5.69 Å². The van der Waals surface area contributed by atoms with E-state index >= 15 is 0 Å². The smallest absolute Gasteiger partial charge is 0.249 e. The Morgan fingerprint density at radius 3 is 2.62 bits per heavy atom. The monoisotopic (exact) mass is 292 g/mol. The van der Waals surface area contributed by atoms with Crippen LogP contribution in [0.5, 0.6) is 0 Å². The molecule has 0 bridgehead atoms. The molecule has 2 unspecified atom stereocenters. The Morgan fingerprint density at radius 1 is 1.43 bits per heavy atom. The lowest BCUT2D eigenvalue weighted by atomic mass is 9.92. The van der Waals surface area contributed by atoms with Gasteiger partial charge in [0.15, 0.2) is 0 Å². The van der Waals surface area contributed by atoms with Crippen LogP contribution >= 0.6 is 0 Å². The van der Waals surface area contributed by atoms with Crippen molar-refractivity contribution in [1.82, 2.24) is 20.0 Å². The topological polar surface area (TPSA) is 67.2 Å². The fourth-order valence-corrected chi connectivity index (χ4v) is 2.44. The fraction of sp³-hybridized carbons (Fsp3) is 0.667. The van der Waals surface area contributed by atoms with Gasteiger partial charge in [0.2, 0.25) is 11.8 Å². The molecule has 116 valence electrons. The Labute approximate surface area is 125 Å². The summed E-state index contributed by atoms with van der Waals surface area (Å²) >= 11 is 0. The lowest BCUT2D eigenvalue weighted by Gasteiger charge is -2.42. The Balaban J connectivity index is 2.23. The maximum Gasteiger partial charge on any atom is 0.249 e. The van der Waals surface area contributed by atoms with E-state index in [0.29, 0.717) is 13.0 Å². The first-order chi connectivity index (χ1) is 9.78. The molecule has 6 nitrogen and oxygen atoms in total. The zero-order valence-electron chi connectivity index (χ0n) is 13.4. The summed E-state index contributed by atoms with van der Waals surface area (Å²) < 4.78 is 1.85. The van der Waals surface area contributed by atoms with E-state index in [2.05, 4.69) is 10.4 Å². The van der Waals surface area contributed by atoms with Crippen molar-refractivity contribution in [2.75, 3.05) is 0 Å². The number of nitrogens with zero attached hydrogens (tertiary/aromatic N) is 3. The van der Waals surface area contributed by atoms with E-state index in [-0.39, 0.29) is 17.9 Å². The van der Waals surface area contributed by atoms with Gasteiger partial charge in [0, 0.05) is 12.2 Å².